The van der Waals surface area contributed by atoms with Crippen LogP contribution in [-0.2, 0) is 17.8 Å². The van der Waals surface area contributed by atoms with E-state index in [0.29, 0.717) is 0 Å². The molecule has 2 rings (SSSR count). The smallest absolute Gasteiger partial charge is 0.223 e. The van der Waals surface area contributed by atoms with E-state index in [2.05, 4.69) is 21.8 Å². The van der Waals surface area contributed by atoms with E-state index in [1.807, 2.05) is 12.4 Å². The van der Waals surface area contributed by atoms with E-state index in [9.17, 15) is 4.79 Å². The third-order valence-corrected chi connectivity index (χ3v) is 3.84. The Morgan fingerprint density at radius 3 is 3.11 bits per heavy atom. The molecule has 1 aliphatic rings. The standard InChI is InChI=1S/C14H24N4O/c1-2-13-16-7-9-18(13)8-3-6-17-14(19)11-4-5-12(15)10-11/h7,9,11-12H,2-6,8,10,15H2,1H3,(H,17,19). The van der Waals surface area contributed by atoms with Crippen LogP contribution in [-0.4, -0.2) is 28.0 Å². The van der Waals surface area contributed by atoms with Crippen LogP contribution in [0.1, 0.15) is 38.4 Å². The van der Waals surface area contributed by atoms with Crippen LogP contribution in [0.3, 0.4) is 0 Å². The van der Waals surface area contributed by atoms with Gasteiger partial charge in [-0.05, 0) is 25.7 Å². The number of nitrogens with two attached hydrogens (primary N) is 1. The third kappa shape index (κ3) is 3.80. The van der Waals surface area contributed by atoms with Crippen molar-refractivity contribution < 1.29 is 4.79 Å². The Kier molecular flexibility index (Phi) is 4.96. The number of hydrogen-bond donors (Lipinski definition) is 2. The summed E-state index contributed by atoms with van der Waals surface area (Å²) in [7, 11) is 0. The Bertz CT molecular complexity index is 415. The number of amides is 1. The van der Waals surface area contributed by atoms with Gasteiger partial charge in [-0.25, -0.2) is 4.98 Å². The predicted molar refractivity (Wildman–Crippen MR) is 74.5 cm³/mol. The van der Waals surface area contributed by atoms with Gasteiger partial charge in [0.25, 0.3) is 0 Å². The first-order valence-electron chi connectivity index (χ1n) is 7.24. The van der Waals surface area contributed by atoms with Crippen molar-refractivity contribution in [3.05, 3.63) is 18.2 Å². The van der Waals surface area contributed by atoms with Crippen LogP contribution in [0.4, 0.5) is 0 Å². The van der Waals surface area contributed by atoms with Crippen molar-refractivity contribution in [3.8, 4) is 0 Å². The molecule has 1 fully saturated rings. The number of aromatic nitrogens is 2. The highest BCUT2D eigenvalue weighted by Crippen LogP contribution is 2.23. The Balaban J connectivity index is 1.65. The second-order valence-electron chi connectivity index (χ2n) is 5.31. The number of imidazole rings is 1. The molecule has 2 atom stereocenters. The maximum atomic E-state index is 11.9. The zero-order chi connectivity index (χ0) is 13.7. The summed E-state index contributed by atoms with van der Waals surface area (Å²) in [4.78, 5) is 16.2. The first-order valence-corrected chi connectivity index (χ1v) is 7.24. The molecule has 0 spiro atoms. The summed E-state index contributed by atoms with van der Waals surface area (Å²) in [6.07, 6.45) is 8.47. The molecule has 1 aliphatic carbocycles. The highest BCUT2D eigenvalue weighted by atomic mass is 16.1. The molecule has 1 saturated carbocycles. The van der Waals surface area contributed by atoms with Gasteiger partial charge in [-0.1, -0.05) is 6.92 Å². The summed E-state index contributed by atoms with van der Waals surface area (Å²) in [5, 5.41) is 3.02. The second-order valence-corrected chi connectivity index (χ2v) is 5.31. The van der Waals surface area contributed by atoms with E-state index in [-0.39, 0.29) is 17.9 Å². The van der Waals surface area contributed by atoms with Gasteiger partial charge in [0.1, 0.15) is 5.82 Å². The minimum atomic E-state index is 0.134. The molecule has 1 amide bonds. The molecule has 3 N–H and O–H groups in total. The van der Waals surface area contributed by atoms with Crippen molar-refractivity contribution in [2.45, 2.75) is 51.6 Å². The number of nitrogens with one attached hydrogen (secondary N) is 1. The largest absolute Gasteiger partial charge is 0.356 e. The zero-order valence-electron chi connectivity index (χ0n) is 11.6. The van der Waals surface area contributed by atoms with Crippen LogP contribution in [0.25, 0.3) is 0 Å². The molecule has 106 valence electrons. The molecule has 2 unspecified atom stereocenters. The van der Waals surface area contributed by atoms with Gasteiger partial charge in [-0.3, -0.25) is 4.79 Å². The molecule has 5 heteroatoms. The summed E-state index contributed by atoms with van der Waals surface area (Å²) in [5.41, 5.74) is 5.82. The zero-order valence-corrected chi connectivity index (χ0v) is 11.6. The summed E-state index contributed by atoms with van der Waals surface area (Å²) < 4.78 is 2.15. The van der Waals surface area contributed by atoms with Gasteiger partial charge in [-0.15, -0.1) is 0 Å². The fourth-order valence-electron chi connectivity index (χ4n) is 2.72. The maximum absolute atomic E-state index is 11.9. The lowest BCUT2D eigenvalue weighted by molar-refractivity contribution is -0.124. The monoisotopic (exact) mass is 264 g/mol. The molecular formula is C14H24N4O. The van der Waals surface area contributed by atoms with Gasteiger partial charge in [0.05, 0.1) is 0 Å². The lowest BCUT2D eigenvalue weighted by atomic mass is 10.1. The average molecular weight is 264 g/mol. The highest BCUT2D eigenvalue weighted by molar-refractivity contribution is 5.78. The Hall–Kier alpha value is -1.36. The van der Waals surface area contributed by atoms with Gasteiger partial charge in [0.2, 0.25) is 5.91 Å². The van der Waals surface area contributed by atoms with E-state index in [0.717, 1.165) is 51.0 Å². The van der Waals surface area contributed by atoms with Gasteiger partial charge in [0.15, 0.2) is 0 Å². The summed E-state index contributed by atoms with van der Waals surface area (Å²) in [5.74, 6) is 1.41. The molecule has 0 bridgehead atoms. The maximum Gasteiger partial charge on any atom is 0.223 e. The van der Waals surface area contributed by atoms with Gasteiger partial charge < -0.3 is 15.6 Å². The molecule has 0 aromatic carbocycles. The first kappa shape index (κ1) is 14.1. The number of hydrogen-bond acceptors (Lipinski definition) is 3. The normalized spacial score (nSPS) is 22.6. The van der Waals surface area contributed by atoms with Crippen molar-refractivity contribution in [3.63, 3.8) is 0 Å². The summed E-state index contributed by atoms with van der Waals surface area (Å²) >= 11 is 0. The van der Waals surface area contributed by atoms with Crippen molar-refractivity contribution in [2.24, 2.45) is 11.7 Å². The van der Waals surface area contributed by atoms with Crippen LogP contribution < -0.4 is 11.1 Å². The third-order valence-electron chi connectivity index (χ3n) is 3.84. The molecule has 1 heterocycles. The van der Waals surface area contributed by atoms with Crippen LogP contribution in [0, 0.1) is 5.92 Å². The number of nitrogens with zero attached hydrogens (tertiary/aromatic N) is 2. The van der Waals surface area contributed by atoms with Gasteiger partial charge >= 0.3 is 0 Å². The highest BCUT2D eigenvalue weighted by Gasteiger charge is 2.27. The molecule has 1 aromatic heterocycles. The fourth-order valence-corrected chi connectivity index (χ4v) is 2.72. The molecule has 0 aliphatic heterocycles. The van der Waals surface area contributed by atoms with E-state index in [4.69, 9.17) is 5.73 Å². The van der Waals surface area contributed by atoms with Crippen LogP contribution in [0.2, 0.25) is 0 Å². The van der Waals surface area contributed by atoms with Crippen LogP contribution >= 0.6 is 0 Å². The van der Waals surface area contributed by atoms with E-state index < -0.39 is 0 Å². The molecule has 19 heavy (non-hydrogen) atoms. The van der Waals surface area contributed by atoms with Crippen molar-refractivity contribution >= 4 is 5.91 Å². The fraction of sp³-hybridized carbons (Fsp3) is 0.714. The van der Waals surface area contributed by atoms with Crippen LogP contribution in [0.5, 0.6) is 0 Å². The number of carbonyl (C=O) groups excluding carboxylic acids is 1. The predicted octanol–water partition coefficient (Wildman–Crippen LogP) is 1.08. The summed E-state index contributed by atoms with van der Waals surface area (Å²) in [6, 6.07) is 0.216. The van der Waals surface area contributed by atoms with Gasteiger partial charge in [0, 0.05) is 43.9 Å². The molecular weight excluding hydrogens is 240 g/mol. The lowest BCUT2D eigenvalue weighted by Crippen LogP contribution is -2.31. The first-order chi connectivity index (χ1) is 9.20. The molecule has 0 radical (unpaired) electrons. The van der Waals surface area contributed by atoms with Crippen molar-refractivity contribution in [2.75, 3.05) is 6.54 Å². The lowest BCUT2D eigenvalue weighted by Gasteiger charge is -2.11. The minimum Gasteiger partial charge on any atom is -0.356 e. The Morgan fingerprint density at radius 2 is 2.42 bits per heavy atom. The topological polar surface area (TPSA) is 72.9 Å². The van der Waals surface area contributed by atoms with E-state index >= 15 is 0 Å². The Labute approximate surface area is 114 Å². The van der Waals surface area contributed by atoms with Gasteiger partial charge in [-0.2, -0.15) is 0 Å². The Morgan fingerprint density at radius 1 is 1.58 bits per heavy atom. The van der Waals surface area contributed by atoms with Crippen LogP contribution in [0.15, 0.2) is 12.4 Å². The van der Waals surface area contributed by atoms with Crippen molar-refractivity contribution in [1.82, 2.24) is 14.9 Å². The number of carbonyl (C=O) groups is 1. The number of rotatable bonds is 6. The number of aryl methyl sites for hydroxylation is 2. The van der Waals surface area contributed by atoms with E-state index in [1.165, 1.54) is 0 Å². The van der Waals surface area contributed by atoms with E-state index in [1.54, 1.807) is 0 Å². The quantitative estimate of drug-likeness (QED) is 0.755. The minimum absolute atomic E-state index is 0.134. The second kappa shape index (κ2) is 6.70. The van der Waals surface area contributed by atoms with Crippen molar-refractivity contribution in [1.29, 1.82) is 0 Å². The molecule has 0 saturated heterocycles. The average Bonchev–Trinajstić information content (AvgIpc) is 3.02. The molecule has 5 nitrogen and oxygen atoms in total. The summed E-state index contributed by atoms with van der Waals surface area (Å²) in [6.45, 7) is 3.74. The SMILES string of the molecule is CCc1nccn1CCCNC(=O)C1CCC(N)C1. The molecule has 1 aromatic rings.